The van der Waals surface area contributed by atoms with Crippen molar-refractivity contribution in [2.24, 2.45) is 4.99 Å². The van der Waals surface area contributed by atoms with E-state index in [9.17, 15) is 15.3 Å². The van der Waals surface area contributed by atoms with Crippen LogP contribution in [0.15, 0.2) is 53.5 Å². The maximum absolute atomic E-state index is 11.3. The Bertz CT molecular complexity index is 1010. The third kappa shape index (κ3) is 3.24. The van der Waals surface area contributed by atoms with Crippen molar-refractivity contribution in [2.75, 3.05) is 0 Å². The van der Waals surface area contributed by atoms with Gasteiger partial charge >= 0.3 is 5.82 Å². The van der Waals surface area contributed by atoms with Crippen LogP contribution in [0.5, 0.6) is 0 Å². The summed E-state index contributed by atoms with van der Waals surface area (Å²) in [5.74, 6) is -0.544. The first kappa shape index (κ1) is 16.7. The molecular formula is C16H14ClN5O3. The van der Waals surface area contributed by atoms with Gasteiger partial charge in [-0.1, -0.05) is 52.8 Å². The van der Waals surface area contributed by atoms with Gasteiger partial charge in [0.25, 0.3) is 5.49 Å². The van der Waals surface area contributed by atoms with E-state index in [4.69, 9.17) is 11.6 Å². The van der Waals surface area contributed by atoms with Gasteiger partial charge in [-0.15, -0.1) is 0 Å². The highest BCUT2D eigenvalue weighted by molar-refractivity contribution is 6.31. The molecule has 1 aromatic heterocycles. The van der Waals surface area contributed by atoms with Crippen molar-refractivity contribution in [1.82, 2.24) is 14.7 Å². The number of halogens is 1. The molecule has 3 aromatic rings. The highest BCUT2D eigenvalue weighted by atomic mass is 35.5. The summed E-state index contributed by atoms with van der Waals surface area (Å²) in [5.41, 5.74) is 1.72. The van der Waals surface area contributed by atoms with E-state index in [1.165, 1.54) is 0 Å². The first-order valence-electron chi connectivity index (χ1n) is 7.35. The Morgan fingerprint density at radius 2 is 1.92 bits per heavy atom. The fourth-order valence-electron chi connectivity index (χ4n) is 2.34. The van der Waals surface area contributed by atoms with E-state index >= 15 is 0 Å². The number of benzene rings is 2. The molecule has 9 heteroatoms. The fraction of sp³-hybridized carbons (Fsp3) is 0.125. The van der Waals surface area contributed by atoms with Crippen LogP contribution in [0.4, 0.5) is 5.82 Å². The number of aryl methyl sites for hydroxylation is 1. The molecule has 0 unspecified atom stereocenters. The molecule has 1 heterocycles. The van der Waals surface area contributed by atoms with Crippen LogP contribution in [-0.4, -0.2) is 24.9 Å². The number of rotatable bonds is 4. The summed E-state index contributed by atoms with van der Waals surface area (Å²) in [6.45, 7) is 1.88. The molecule has 0 saturated carbocycles. The van der Waals surface area contributed by atoms with E-state index in [2.05, 4.69) is 10.1 Å². The van der Waals surface area contributed by atoms with Gasteiger partial charge in [0, 0.05) is 5.02 Å². The predicted octanol–water partition coefficient (Wildman–Crippen LogP) is 2.88. The molecule has 0 fully saturated rings. The topological polar surface area (TPSA) is 98.5 Å². The number of nitro groups is 1. The van der Waals surface area contributed by atoms with E-state index in [1.807, 2.05) is 19.1 Å². The maximum atomic E-state index is 11.3. The lowest BCUT2D eigenvalue weighted by Gasteiger charge is -2.03. The maximum Gasteiger partial charge on any atom is 0.438 e. The Balaban J connectivity index is 2.13. The lowest BCUT2D eigenvalue weighted by Crippen LogP contribution is -2.23. The number of aromatic nitrogens is 3. The van der Waals surface area contributed by atoms with Crippen molar-refractivity contribution in [3.63, 3.8) is 0 Å². The highest BCUT2D eigenvalue weighted by Crippen LogP contribution is 2.16. The average molecular weight is 360 g/mol. The number of hydrogen-bond donors (Lipinski definition) is 1. The normalized spacial score (nSPS) is 11.7. The fourth-order valence-corrected chi connectivity index (χ4v) is 2.53. The zero-order valence-corrected chi connectivity index (χ0v) is 14.0. The van der Waals surface area contributed by atoms with Crippen molar-refractivity contribution in [2.45, 2.75) is 13.5 Å². The molecule has 0 aliphatic carbocycles. The van der Waals surface area contributed by atoms with Crippen LogP contribution in [0.2, 0.25) is 5.02 Å². The molecule has 0 bridgehead atoms. The molecule has 0 amide bonds. The molecule has 3 rings (SSSR count). The molecule has 2 aromatic carbocycles. The van der Waals surface area contributed by atoms with Crippen LogP contribution in [0.25, 0.3) is 5.69 Å². The Labute approximate surface area is 147 Å². The Morgan fingerprint density at radius 1 is 1.24 bits per heavy atom. The van der Waals surface area contributed by atoms with E-state index in [0.29, 0.717) is 21.1 Å². The SMILES string of the molecule is Cc1ccccc1-n1nc([N+](=O)[O-])c(=NCc2ccccc2Cl)n1O. The molecule has 0 aliphatic rings. The van der Waals surface area contributed by atoms with Crippen molar-refractivity contribution in [3.8, 4) is 5.69 Å². The second kappa shape index (κ2) is 6.78. The molecule has 0 atom stereocenters. The van der Waals surface area contributed by atoms with Crippen molar-refractivity contribution < 1.29 is 10.1 Å². The quantitative estimate of drug-likeness (QED) is 0.440. The number of para-hydroxylation sites is 1. The zero-order valence-electron chi connectivity index (χ0n) is 13.2. The zero-order chi connectivity index (χ0) is 18.0. The summed E-state index contributed by atoms with van der Waals surface area (Å²) in [4.78, 5) is 16.4. The third-order valence-electron chi connectivity index (χ3n) is 3.62. The standard InChI is InChI=1S/C16H14ClN5O3/c1-11-6-2-5-9-14(11)20-19-16(22(24)25)15(21(20)23)18-10-12-7-3-4-8-13(12)17/h2-9,23H,10H2,1H3. The summed E-state index contributed by atoms with van der Waals surface area (Å²) >= 11 is 6.07. The van der Waals surface area contributed by atoms with E-state index in [-0.39, 0.29) is 12.0 Å². The largest absolute Gasteiger partial charge is 0.438 e. The molecule has 25 heavy (non-hydrogen) atoms. The van der Waals surface area contributed by atoms with Gasteiger partial charge in [0.05, 0.1) is 11.6 Å². The third-order valence-corrected chi connectivity index (χ3v) is 3.99. The van der Waals surface area contributed by atoms with E-state index in [0.717, 1.165) is 10.4 Å². The lowest BCUT2D eigenvalue weighted by atomic mass is 10.2. The minimum atomic E-state index is -0.688. The van der Waals surface area contributed by atoms with Gasteiger partial charge in [0.15, 0.2) is 0 Å². The van der Waals surface area contributed by atoms with Gasteiger partial charge in [0.2, 0.25) is 0 Å². The first-order valence-corrected chi connectivity index (χ1v) is 7.72. The van der Waals surface area contributed by atoms with Crippen LogP contribution in [-0.2, 0) is 6.54 Å². The second-order valence-corrected chi connectivity index (χ2v) is 5.68. The number of nitrogens with zero attached hydrogens (tertiary/aromatic N) is 5. The average Bonchev–Trinajstić information content (AvgIpc) is 2.91. The Kier molecular flexibility index (Phi) is 4.53. The van der Waals surface area contributed by atoms with Crippen LogP contribution in [0.1, 0.15) is 11.1 Å². The molecular weight excluding hydrogens is 346 g/mol. The van der Waals surface area contributed by atoms with E-state index in [1.54, 1.807) is 36.4 Å². The van der Waals surface area contributed by atoms with Gasteiger partial charge in [0.1, 0.15) is 5.69 Å². The van der Waals surface area contributed by atoms with E-state index < -0.39 is 10.7 Å². The summed E-state index contributed by atoms with van der Waals surface area (Å²) in [6, 6.07) is 14.1. The van der Waals surface area contributed by atoms with Crippen molar-refractivity contribution in [3.05, 3.63) is 80.3 Å². The lowest BCUT2D eigenvalue weighted by molar-refractivity contribution is -0.391. The molecule has 1 N–H and O–H groups in total. The monoisotopic (exact) mass is 359 g/mol. The molecule has 0 aliphatic heterocycles. The summed E-state index contributed by atoms with van der Waals surface area (Å²) < 4.78 is 0. The molecule has 0 radical (unpaired) electrons. The first-order chi connectivity index (χ1) is 12.0. The van der Waals surface area contributed by atoms with Crippen LogP contribution in [0, 0.1) is 17.0 Å². The highest BCUT2D eigenvalue weighted by Gasteiger charge is 2.24. The Morgan fingerprint density at radius 3 is 2.60 bits per heavy atom. The minimum absolute atomic E-state index is 0.0700. The van der Waals surface area contributed by atoms with Gasteiger partial charge in [-0.2, -0.15) is 0 Å². The molecule has 8 nitrogen and oxygen atoms in total. The van der Waals surface area contributed by atoms with Crippen LogP contribution >= 0.6 is 11.6 Å². The molecule has 0 spiro atoms. The molecule has 128 valence electrons. The minimum Gasteiger partial charge on any atom is -0.409 e. The van der Waals surface area contributed by atoms with Crippen molar-refractivity contribution >= 4 is 17.4 Å². The summed E-state index contributed by atoms with van der Waals surface area (Å²) in [6.07, 6.45) is 0. The smallest absolute Gasteiger partial charge is 0.409 e. The number of hydrogen-bond acceptors (Lipinski definition) is 5. The van der Waals surface area contributed by atoms with Gasteiger partial charge in [-0.3, -0.25) is 4.99 Å². The molecule has 0 saturated heterocycles. The second-order valence-electron chi connectivity index (χ2n) is 5.28. The van der Waals surface area contributed by atoms with Gasteiger partial charge in [-0.05, 0) is 39.9 Å². The van der Waals surface area contributed by atoms with Gasteiger partial charge in [-0.25, -0.2) is 0 Å². The Hall–Kier alpha value is -3.13. The summed E-state index contributed by atoms with van der Waals surface area (Å²) in [7, 11) is 0. The van der Waals surface area contributed by atoms with Crippen LogP contribution < -0.4 is 5.49 Å². The van der Waals surface area contributed by atoms with Crippen molar-refractivity contribution in [1.29, 1.82) is 0 Å². The van der Waals surface area contributed by atoms with Gasteiger partial charge < -0.3 is 15.3 Å². The predicted molar refractivity (Wildman–Crippen MR) is 90.8 cm³/mol. The van der Waals surface area contributed by atoms with Crippen LogP contribution in [0.3, 0.4) is 0 Å². The summed E-state index contributed by atoms with van der Waals surface area (Å²) in [5, 5.41) is 26.0.